The minimum absolute atomic E-state index is 0.0848. The lowest BCUT2D eigenvalue weighted by Gasteiger charge is -2.09. The van der Waals surface area contributed by atoms with Gasteiger partial charge in [-0.15, -0.1) is 0 Å². The fourth-order valence-corrected chi connectivity index (χ4v) is 13.1. The molecular weight excluding hydrogens is 1300 g/mol. The molecule has 22 heteroatoms. The summed E-state index contributed by atoms with van der Waals surface area (Å²) in [6.07, 6.45) is 24.5. The number of nitrogens with one attached hydrogen (secondary N) is 4. The van der Waals surface area contributed by atoms with Crippen molar-refractivity contribution in [1.29, 1.82) is 0 Å². The Kier molecular flexibility index (Phi) is 21.9. The Balaban J connectivity index is 0.000000190. The van der Waals surface area contributed by atoms with Crippen LogP contribution in [-0.4, -0.2) is 77.8 Å². The highest BCUT2D eigenvalue weighted by molar-refractivity contribution is 6.00. The largest absolute Gasteiger partial charge is 0.524 e. The maximum atomic E-state index is 10.8. The summed E-state index contributed by atoms with van der Waals surface area (Å²) >= 11 is 0. The van der Waals surface area contributed by atoms with Crippen LogP contribution in [0.3, 0.4) is 0 Å². The van der Waals surface area contributed by atoms with Crippen molar-refractivity contribution in [3.05, 3.63) is 243 Å². The molecule has 14 rings (SSSR count). The van der Waals surface area contributed by atoms with Gasteiger partial charge in [0.15, 0.2) is 22.7 Å². The molecule has 2 atom stereocenters. The maximum absolute atomic E-state index is 10.8. The number of phenolic OH excluding ortho intramolecular Hbond substituents is 4. The number of aryl methyl sites for hydroxylation is 6. The molecule has 22 nitrogen and oxygen atoms in total. The minimum atomic E-state index is 0.0848. The van der Waals surface area contributed by atoms with Crippen molar-refractivity contribution in [3.8, 4) is 23.0 Å². The number of phenols is 4. The molecule has 0 radical (unpaired) electrons. The molecule has 0 amide bonds. The first kappa shape index (κ1) is 70.1. The first-order valence-corrected chi connectivity index (χ1v) is 35.3. The summed E-state index contributed by atoms with van der Waals surface area (Å²) in [4.78, 5) is 2.27. The fourth-order valence-electron chi connectivity index (χ4n) is 13.1. The highest BCUT2D eigenvalue weighted by atomic mass is 16.3. The number of aromatic hydroxyl groups is 4. The Morgan fingerprint density at radius 2 is 0.721 bits per heavy atom. The lowest BCUT2D eigenvalue weighted by Crippen LogP contribution is -3.09. The molecule has 2 unspecified atom stereocenters. The van der Waals surface area contributed by atoms with E-state index in [2.05, 4.69) is 85.2 Å². The van der Waals surface area contributed by atoms with Gasteiger partial charge in [0, 0.05) is 54.5 Å². The second-order valence-corrected chi connectivity index (χ2v) is 26.5. The zero-order chi connectivity index (χ0) is 72.1. The van der Waals surface area contributed by atoms with Crippen LogP contribution in [0.25, 0.3) is 43.1 Å². The molecule has 104 heavy (non-hydrogen) atoms. The van der Waals surface area contributed by atoms with E-state index < -0.39 is 0 Å². The summed E-state index contributed by atoms with van der Waals surface area (Å²) in [5.41, 5.74) is 8.00. The van der Waals surface area contributed by atoms with Crippen LogP contribution >= 0.6 is 0 Å². The van der Waals surface area contributed by atoms with Gasteiger partial charge in [-0.1, -0.05) is 119 Å². The summed E-state index contributed by atoms with van der Waals surface area (Å²) in [6, 6.07) is 58.6. The highest BCUT2D eigenvalue weighted by Crippen LogP contribution is 2.41. The van der Waals surface area contributed by atoms with Crippen LogP contribution in [0.4, 0.5) is 57.4 Å². The Bertz CT molecular complexity index is 5370. The van der Waals surface area contributed by atoms with E-state index in [-0.39, 0.29) is 23.0 Å². The molecule has 0 spiro atoms. The van der Waals surface area contributed by atoms with Crippen LogP contribution < -0.4 is 29.6 Å². The third-order valence-corrected chi connectivity index (χ3v) is 18.8. The summed E-state index contributed by atoms with van der Waals surface area (Å²) in [7, 11) is 7.84. The number of para-hydroxylation sites is 2. The molecule has 10 aromatic carbocycles. The van der Waals surface area contributed by atoms with Crippen molar-refractivity contribution >= 4 is 112 Å². The Hall–Kier alpha value is -12.4. The van der Waals surface area contributed by atoms with Gasteiger partial charge >= 0.3 is 23.8 Å². The zero-order valence-corrected chi connectivity index (χ0v) is 59.5. The van der Waals surface area contributed by atoms with Gasteiger partial charge in [-0.05, 0) is 181 Å². The van der Waals surface area contributed by atoms with Crippen LogP contribution in [0.1, 0.15) is 62.5 Å². The average molecular weight is 1390 g/mol. The van der Waals surface area contributed by atoms with Crippen molar-refractivity contribution < 1.29 is 48.5 Å². The lowest BCUT2D eigenvalue weighted by molar-refractivity contribution is -0.760. The summed E-state index contributed by atoms with van der Waals surface area (Å²) in [5, 5.41) is 93.5. The predicted octanol–water partition coefficient (Wildman–Crippen LogP) is 16.4. The number of guanidine groups is 2. The number of fused-ring (bicyclic) bond motifs is 4. The summed E-state index contributed by atoms with van der Waals surface area (Å²) in [6.45, 7) is 7.47. The van der Waals surface area contributed by atoms with E-state index in [0.717, 1.165) is 182 Å². The third kappa shape index (κ3) is 16.6. The van der Waals surface area contributed by atoms with Crippen LogP contribution in [0.15, 0.2) is 272 Å². The van der Waals surface area contributed by atoms with E-state index in [1.54, 1.807) is 24.3 Å². The molecule has 4 heterocycles. The molecule has 0 aliphatic carbocycles. The number of hydrogen-bond acceptors (Lipinski definition) is 14. The molecular formula is C82H88N18O4+6. The number of azo groups is 4. The van der Waals surface area contributed by atoms with Gasteiger partial charge in [0.25, 0.3) is 0 Å². The van der Waals surface area contributed by atoms with Crippen LogP contribution in [0, 0.1) is 13.8 Å². The monoisotopic (exact) mass is 1390 g/mol. The highest BCUT2D eigenvalue weighted by Gasteiger charge is 2.32. The smallest absolute Gasteiger partial charge is 0.506 e. The molecule has 8 N–H and O–H groups in total. The van der Waals surface area contributed by atoms with Crippen molar-refractivity contribution in [3.63, 3.8) is 0 Å². The number of quaternary nitrogens is 2. The van der Waals surface area contributed by atoms with Crippen molar-refractivity contribution in [1.82, 2.24) is 9.13 Å². The van der Waals surface area contributed by atoms with Crippen molar-refractivity contribution in [2.45, 2.75) is 78.3 Å². The van der Waals surface area contributed by atoms with Gasteiger partial charge in [0.1, 0.15) is 58.0 Å². The average Bonchev–Trinajstić information content (AvgIpc) is 1.06. The molecule has 2 aliphatic rings. The SMILES string of the molecule is C[N+]1=C(N=Nc2c(O)ccc3cc(Nc4ccccc4)ccc23)[NH+](CCCCCCn2cc[n+](C)c2N=Nc2c(O)ccc3cc(Nc4ccccc4)ccc23)C=C1.Cc1ccc2ccc(O)c(N=NC3=[N+](C)C=C[NH+]3CCCCCCn3cc[n+](C)c3N=Nc3c(O)ccc4ccc(C)cc34)c2c1. The summed E-state index contributed by atoms with van der Waals surface area (Å²) in [5.74, 6) is 3.46. The minimum Gasteiger partial charge on any atom is -0.506 e. The van der Waals surface area contributed by atoms with Gasteiger partial charge < -0.3 is 31.1 Å². The van der Waals surface area contributed by atoms with Gasteiger partial charge in [0.2, 0.25) is 0 Å². The second kappa shape index (κ2) is 32.5. The first-order chi connectivity index (χ1) is 50.7. The molecule has 0 saturated heterocycles. The normalized spacial score (nSPS) is 14.6. The third-order valence-electron chi connectivity index (χ3n) is 18.8. The van der Waals surface area contributed by atoms with E-state index in [4.69, 9.17) is 0 Å². The van der Waals surface area contributed by atoms with Gasteiger partial charge in [-0.3, -0.25) is 0 Å². The fraction of sp³-hybridized carbons (Fsp3) is 0.220. The molecule has 12 aromatic rings. The van der Waals surface area contributed by atoms with E-state index in [9.17, 15) is 20.4 Å². The molecule has 0 fully saturated rings. The van der Waals surface area contributed by atoms with Gasteiger partial charge in [0.05, 0.1) is 79.2 Å². The van der Waals surface area contributed by atoms with E-state index in [0.29, 0.717) is 28.7 Å². The molecule has 0 saturated carbocycles. The topological polar surface area (TPSA) is 236 Å². The summed E-state index contributed by atoms with van der Waals surface area (Å²) < 4.78 is 12.1. The number of unbranched alkanes of at least 4 members (excludes halogenated alkanes) is 6. The number of imidazole rings is 2. The standard InChI is InChI=1S/C46H44N10O2.C36H38N8O2/c1-53-27-29-55(45(53)51-49-43-39-21-19-37(31-33(39)17-23-41(43)57)47-35-13-7-5-8-14-35)25-11-3-4-12-26-56-30-28-54(2)46(56)52-50-44-40-22-20-38(32-34(40)18-24-42(44)58)48-36-15-9-6-10-16-36;1-25-9-11-27-13-15-31(45)33(29(27)23-25)37-39-35-41(3)19-21-43(35)17-7-5-6-8-18-44-22-20-42(4)36(44)40-38-34-30-24-26(2)10-12-28(30)14-16-32(34)46/h5-10,13-24,27-32H,3-4,11-12,25-26H2,1-2H3,(H2,47,48,49,50);9-16,19-24H,5-8,17-18H2,1-4H3/p+6. The van der Waals surface area contributed by atoms with E-state index >= 15 is 0 Å². The lowest BCUT2D eigenvalue weighted by atomic mass is 10.1. The number of rotatable bonds is 24. The number of nitrogens with zero attached hydrogens (tertiary/aromatic N) is 14. The molecule has 0 bridgehead atoms. The predicted molar refractivity (Wildman–Crippen MR) is 409 cm³/mol. The van der Waals surface area contributed by atoms with E-state index in [1.807, 2.05) is 243 Å². The Labute approximate surface area is 603 Å². The molecule has 2 aromatic heterocycles. The molecule has 2 aliphatic heterocycles. The first-order valence-electron chi connectivity index (χ1n) is 35.3. The second-order valence-electron chi connectivity index (χ2n) is 26.5. The maximum Gasteiger partial charge on any atom is 0.524 e. The number of aromatic nitrogens is 4. The van der Waals surface area contributed by atoms with Crippen LogP contribution in [0.5, 0.6) is 23.0 Å². The van der Waals surface area contributed by atoms with Gasteiger partial charge in [-0.2, -0.15) is 19.0 Å². The van der Waals surface area contributed by atoms with Crippen molar-refractivity contribution in [2.24, 2.45) is 55.0 Å². The molecule has 524 valence electrons. The number of anilines is 4. The number of hydrogen-bond donors (Lipinski definition) is 8. The van der Waals surface area contributed by atoms with Crippen LogP contribution in [-0.2, 0) is 27.2 Å². The van der Waals surface area contributed by atoms with Crippen molar-refractivity contribution in [2.75, 3.05) is 37.8 Å². The Morgan fingerprint density at radius 1 is 0.356 bits per heavy atom. The zero-order valence-electron chi connectivity index (χ0n) is 59.5. The van der Waals surface area contributed by atoms with Crippen LogP contribution in [0.2, 0.25) is 0 Å². The Morgan fingerprint density at radius 3 is 1.13 bits per heavy atom. The number of benzene rings is 10. The van der Waals surface area contributed by atoms with Gasteiger partial charge in [-0.25, -0.2) is 18.3 Å². The quantitative estimate of drug-likeness (QED) is 0.0166. The van der Waals surface area contributed by atoms with E-state index in [1.165, 1.54) is 0 Å².